The highest BCUT2D eigenvalue weighted by Crippen LogP contribution is 2.30. The summed E-state index contributed by atoms with van der Waals surface area (Å²) in [6.45, 7) is 0. The molecule has 22 heavy (non-hydrogen) atoms. The van der Waals surface area contributed by atoms with Crippen LogP contribution in [0.3, 0.4) is 0 Å². The third-order valence-corrected chi connectivity index (χ3v) is 4.59. The van der Waals surface area contributed by atoms with Gasteiger partial charge >= 0.3 is 0 Å². The first-order valence-electron chi connectivity index (χ1n) is 6.76. The van der Waals surface area contributed by atoms with Crippen LogP contribution < -0.4 is 0 Å². The molecule has 0 aliphatic heterocycles. The Balaban J connectivity index is 1.91. The molecule has 2 rings (SSSR count). The van der Waals surface area contributed by atoms with Gasteiger partial charge in [-0.25, -0.2) is 0 Å². The molecule has 0 fully saturated rings. The standard InChI is InChI=1S/C17H14Cl4O/c18-13-5-1-11(2-6-13)16(20)9-15(22)10-17(21)12-3-7-14(19)8-4-12/h1-8,16-17H,9-10H2. The molecule has 0 aromatic heterocycles. The Morgan fingerprint density at radius 1 is 0.727 bits per heavy atom. The first kappa shape index (κ1) is 17.6. The van der Waals surface area contributed by atoms with E-state index in [4.69, 9.17) is 46.4 Å². The Kier molecular flexibility index (Phi) is 6.58. The van der Waals surface area contributed by atoms with Gasteiger partial charge in [0.15, 0.2) is 0 Å². The number of alkyl halides is 2. The van der Waals surface area contributed by atoms with Crippen molar-refractivity contribution in [1.82, 2.24) is 0 Å². The quantitative estimate of drug-likeness (QED) is 0.519. The predicted molar refractivity (Wildman–Crippen MR) is 94.3 cm³/mol. The fourth-order valence-electron chi connectivity index (χ4n) is 2.06. The average Bonchev–Trinajstić information content (AvgIpc) is 2.48. The summed E-state index contributed by atoms with van der Waals surface area (Å²) in [5, 5.41) is 0.530. The third-order valence-electron chi connectivity index (χ3n) is 3.28. The topological polar surface area (TPSA) is 17.1 Å². The summed E-state index contributed by atoms with van der Waals surface area (Å²) in [7, 11) is 0. The van der Waals surface area contributed by atoms with Gasteiger partial charge < -0.3 is 0 Å². The largest absolute Gasteiger partial charge is 0.300 e. The van der Waals surface area contributed by atoms with Crippen molar-refractivity contribution in [2.24, 2.45) is 0 Å². The van der Waals surface area contributed by atoms with Crippen molar-refractivity contribution < 1.29 is 4.79 Å². The molecule has 0 spiro atoms. The number of ketones is 1. The number of hydrogen-bond acceptors (Lipinski definition) is 1. The van der Waals surface area contributed by atoms with E-state index in [-0.39, 0.29) is 29.4 Å². The number of benzene rings is 2. The summed E-state index contributed by atoms with van der Waals surface area (Å²) >= 11 is 24.2. The Labute approximate surface area is 150 Å². The lowest BCUT2D eigenvalue weighted by atomic mass is 10.0. The maximum Gasteiger partial charge on any atom is 0.136 e. The molecule has 0 aliphatic carbocycles. The van der Waals surface area contributed by atoms with Gasteiger partial charge in [0.25, 0.3) is 0 Å². The summed E-state index contributed by atoms with van der Waals surface area (Å²) in [4.78, 5) is 12.1. The SMILES string of the molecule is O=C(CC(Cl)c1ccc(Cl)cc1)CC(Cl)c1ccc(Cl)cc1. The van der Waals surface area contributed by atoms with E-state index in [0.29, 0.717) is 10.0 Å². The van der Waals surface area contributed by atoms with E-state index in [2.05, 4.69) is 0 Å². The van der Waals surface area contributed by atoms with Gasteiger partial charge in [-0.05, 0) is 35.4 Å². The minimum absolute atomic E-state index is 0.0184. The zero-order valence-corrected chi connectivity index (χ0v) is 14.6. The maximum atomic E-state index is 12.1. The molecule has 2 atom stereocenters. The smallest absolute Gasteiger partial charge is 0.136 e. The Morgan fingerprint density at radius 2 is 1.05 bits per heavy atom. The van der Waals surface area contributed by atoms with Crippen LogP contribution in [-0.2, 0) is 4.79 Å². The number of carbonyl (C=O) groups excluding carboxylic acids is 1. The van der Waals surface area contributed by atoms with Crippen LogP contribution in [-0.4, -0.2) is 5.78 Å². The van der Waals surface area contributed by atoms with Crippen LogP contribution in [0.15, 0.2) is 48.5 Å². The van der Waals surface area contributed by atoms with Crippen LogP contribution in [0.5, 0.6) is 0 Å². The molecular formula is C17H14Cl4O. The van der Waals surface area contributed by atoms with Gasteiger partial charge in [0.2, 0.25) is 0 Å². The molecular weight excluding hydrogens is 362 g/mol. The maximum absolute atomic E-state index is 12.1. The monoisotopic (exact) mass is 374 g/mol. The minimum Gasteiger partial charge on any atom is -0.300 e. The second-order valence-electron chi connectivity index (χ2n) is 4.99. The minimum atomic E-state index is -0.376. The molecule has 2 aromatic rings. The molecule has 0 amide bonds. The van der Waals surface area contributed by atoms with Crippen LogP contribution in [0, 0.1) is 0 Å². The van der Waals surface area contributed by atoms with E-state index in [1.54, 1.807) is 24.3 Å². The van der Waals surface area contributed by atoms with E-state index < -0.39 is 0 Å². The predicted octanol–water partition coefficient (Wildman–Crippen LogP) is 6.60. The van der Waals surface area contributed by atoms with E-state index in [1.165, 1.54) is 0 Å². The van der Waals surface area contributed by atoms with Crippen molar-refractivity contribution in [3.8, 4) is 0 Å². The second kappa shape index (κ2) is 8.21. The highest BCUT2D eigenvalue weighted by Gasteiger charge is 2.18. The summed E-state index contributed by atoms with van der Waals surface area (Å²) in [6.07, 6.45) is 0.472. The first-order valence-corrected chi connectivity index (χ1v) is 8.39. The Morgan fingerprint density at radius 3 is 1.36 bits per heavy atom. The molecule has 2 aromatic carbocycles. The zero-order valence-electron chi connectivity index (χ0n) is 11.6. The highest BCUT2D eigenvalue weighted by atomic mass is 35.5. The van der Waals surface area contributed by atoms with Gasteiger partial charge in [-0.2, -0.15) is 0 Å². The summed E-state index contributed by atoms with van der Waals surface area (Å²) in [6, 6.07) is 14.3. The second-order valence-corrected chi connectivity index (χ2v) is 6.91. The average molecular weight is 376 g/mol. The van der Waals surface area contributed by atoms with Gasteiger partial charge in [-0.3, -0.25) is 4.79 Å². The van der Waals surface area contributed by atoms with Crippen LogP contribution in [0.25, 0.3) is 0 Å². The Hall–Kier alpha value is -0.730. The third kappa shape index (κ3) is 5.17. The molecule has 0 aliphatic rings. The van der Waals surface area contributed by atoms with E-state index in [9.17, 15) is 4.79 Å². The molecule has 116 valence electrons. The van der Waals surface area contributed by atoms with Crippen molar-refractivity contribution in [3.63, 3.8) is 0 Å². The number of carbonyl (C=O) groups is 1. The molecule has 0 bridgehead atoms. The number of halogens is 4. The van der Waals surface area contributed by atoms with Crippen LogP contribution in [0.1, 0.15) is 34.7 Å². The highest BCUT2D eigenvalue weighted by molar-refractivity contribution is 6.31. The Bertz CT molecular complexity index is 567. The number of rotatable bonds is 6. The lowest BCUT2D eigenvalue weighted by molar-refractivity contribution is -0.119. The van der Waals surface area contributed by atoms with Gasteiger partial charge in [0.05, 0.1) is 10.8 Å². The molecule has 0 saturated carbocycles. The molecule has 0 saturated heterocycles. The van der Waals surface area contributed by atoms with Gasteiger partial charge in [0, 0.05) is 22.9 Å². The van der Waals surface area contributed by atoms with Crippen LogP contribution >= 0.6 is 46.4 Å². The molecule has 5 heteroatoms. The fourth-order valence-corrected chi connectivity index (χ4v) is 2.95. The van der Waals surface area contributed by atoms with Crippen LogP contribution in [0.4, 0.5) is 0 Å². The van der Waals surface area contributed by atoms with Crippen molar-refractivity contribution in [3.05, 3.63) is 69.7 Å². The van der Waals surface area contributed by atoms with Gasteiger partial charge in [0.1, 0.15) is 5.78 Å². The van der Waals surface area contributed by atoms with Gasteiger partial charge in [-0.1, -0.05) is 47.5 Å². The van der Waals surface area contributed by atoms with Gasteiger partial charge in [-0.15, -0.1) is 23.2 Å². The van der Waals surface area contributed by atoms with Crippen LogP contribution in [0.2, 0.25) is 10.0 Å². The zero-order chi connectivity index (χ0) is 16.1. The van der Waals surface area contributed by atoms with Crippen molar-refractivity contribution in [2.45, 2.75) is 23.6 Å². The summed E-state index contributed by atoms with van der Waals surface area (Å²) in [5.74, 6) is 0.0184. The summed E-state index contributed by atoms with van der Waals surface area (Å²) < 4.78 is 0. The molecule has 0 N–H and O–H groups in total. The molecule has 0 heterocycles. The van der Waals surface area contributed by atoms with Crippen molar-refractivity contribution in [1.29, 1.82) is 0 Å². The molecule has 0 radical (unpaired) electrons. The molecule has 2 unspecified atom stereocenters. The fraction of sp³-hybridized carbons (Fsp3) is 0.235. The normalized spacial score (nSPS) is 13.6. The van der Waals surface area contributed by atoms with Crippen molar-refractivity contribution >= 4 is 52.2 Å². The molecule has 1 nitrogen and oxygen atoms in total. The lowest BCUT2D eigenvalue weighted by Gasteiger charge is -2.12. The lowest BCUT2D eigenvalue weighted by Crippen LogP contribution is -2.06. The number of hydrogen-bond donors (Lipinski definition) is 0. The first-order chi connectivity index (χ1) is 10.5. The number of Topliss-reactive ketones (excluding diaryl/α,β-unsaturated/α-hetero) is 1. The van der Waals surface area contributed by atoms with E-state index in [0.717, 1.165) is 11.1 Å². The summed E-state index contributed by atoms with van der Waals surface area (Å²) in [5.41, 5.74) is 1.74. The van der Waals surface area contributed by atoms with Crippen molar-refractivity contribution in [2.75, 3.05) is 0 Å². The van der Waals surface area contributed by atoms with E-state index in [1.807, 2.05) is 24.3 Å². The van der Waals surface area contributed by atoms with E-state index >= 15 is 0 Å².